The number of benzene rings is 3. The van der Waals surface area contributed by atoms with Crippen molar-refractivity contribution in [3.63, 3.8) is 0 Å². The molecule has 0 radical (unpaired) electrons. The Hall–Kier alpha value is -3.93. The van der Waals surface area contributed by atoms with Crippen molar-refractivity contribution < 1.29 is 27.6 Å². The number of hydrogen-bond acceptors (Lipinski definition) is 6. The van der Waals surface area contributed by atoms with Gasteiger partial charge in [0.15, 0.2) is 0 Å². The average molecular weight is 565 g/mol. The van der Waals surface area contributed by atoms with Crippen LogP contribution in [0, 0.1) is 5.92 Å². The minimum Gasteiger partial charge on any atom is -0.497 e. The number of nitrogens with zero attached hydrogens (tertiary/aromatic N) is 2. The number of methoxy groups -OCH3 is 1. The van der Waals surface area contributed by atoms with Crippen LogP contribution in [0.15, 0.2) is 89.8 Å². The number of likely N-dealkylation sites (tertiary alicyclic amines) is 1. The number of amides is 3. The van der Waals surface area contributed by atoms with Crippen molar-refractivity contribution >= 4 is 27.6 Å². The minimum atomic E-state index is -4.11. The van der Waals surface area contributed by atoms with Gasteiger partial charge in [0.2, 0.25) is 10.0 Å². The summed E-state index contributed by atoms with van der Waals surface area (Å²) >= 11 is 0. The molecular weight excluding hydrogens is 532 g/mol. The summed E-state index contributed by atoms with van der Waals surface area (Å²) in [6.07, 6.45) is 0.894. The van der Waals surface area contributed by atoms with Crippen LogP contribution < -0.4 is 15.5 Å². The van der Waals surface area contributed by atoms with Gasteiger partial charge in [-0.25, -0.2) is 18.7 Å². The molecule has 2 aliphatic heterocycles. The van der Waals surface area contributed by atoms with Gasteiger partial charge in [-0.3, -0.25) is 9.63 Å². The molecule has 2 heterocycles. The SMILES string of the molecule is COc1ccc(S(=O)(=O)N2C(C(=O)NOCc3ccccc3)CC3CCN(C(=O)Nc4ccccc4)CC32)cc1. The molecule has 2 fully saturated rings. The number of hydrogen-bond donors (Lipinski definition) is 2. The van der Waals surface area contributed by atoms with Crippen molar-refractivity contribution in [3.05, 3.63) is 90.5 Å². The summed E-state index contributed by atoms with van der Waals surface area (Å²) in [6, 6.07) is 22.6. The second kappa shape index (κ2) is 12.1. The normalized spacial score (nSPS) is 20.9. The Labute approximate surface area is 233 Å². The lowest BCUT2D eigenvalue weighted by molar-refractivity contribution is -0.138. The Kier molecular flexibility index (Phi) is 8.34. The van der Waals surface area contributed by atoms with Crippen molar-refractivity contribution in [1.29, 1.82) is 0 Å². The molecule has 3 amide bonds. The number of sulfonamides is 1. The van der Waals surface area contributed by atoms with Gasteiger partial charge < -0.3 is 15.0 Å². The van der Waals surface area contributed by atoms with E-state index in [1.807, 2.05) is 48.5 Å². The molecule has 3 atom stereocenters. The van der Waals surface area contributed by atoms with Gasteiger partial charge in [-0.1, -0.05) is 48.5 Å². The van der Waals surface area contributed by atoms with E-state index in [9.17, 15) is 18.0 Å². The average Bonchev–Trinajstić information content (AvgIpc) is 3.38. The number of carbonyl (C=O) groups is 2. The molecule has 11 heteroatoms. The van der Waals surface area contributed by atoms with Gasteiger partial charge in [0.25, 0.3) is 5.91 Å². The molecule has 2 N–H and O–H groups in total. The van der Waals surface area contributed by atoms with E-state index in [0.29, 0.717) is 30.8 Å². The molecule has 0 saturated carbocycles. The Morgan fingerprint density at radius 1 is 0.950 bits per heavy atom. The number of ether oxygens (including phenoxy) is 1. The van der Waals surface area contributed by atoms with Crippen LogP contribution in [0.2, 0.25) is 0 Å². The highest BCUT2D eigenvalue weighted by molar-refractivity contribution is 7.89. The highest BCUT2D eigenvalue weighted by atomic mass is 32.2. The highest BCUT2D eigenvalue weighted by Gasteiger charge is 2.52. The number of nitrogens with one attached hydrogen (secondary N) is 2. The molecule has 0 spiro atoms. The first-order valence-electron chi connectivity index (χ1n) is 13.1. The van der Waals surface area contributed by atoms with Crippen LogP contribution >= 0.6 is 0 Å². The van der Waals surface area contributed by atoms with Gasteiger partial charge >= 0.3 is 6.03 Å². The zero-order valence-electron chi connectivity index (χ0n) is 22.1. The van der Waals surface area contributed by atoms with Crippen molar-refractivity contribution in [2.24, 2.45) is 5.92 Å². The monoisotopic (exact) mass is 564 g/mol. The molecule has 210 valence electrons. The third kappa shape index (κ3) is 5.96. The van der Waals surface area contributed by atoms with Crippen LogP contribution in [0.3, 0.4) is 0 Å². The third-order valence-corrected chi connectivity index (χ3v) is 9.33. The van der Waals surface area contributed by atoms with Crippen LogP contribution in [-0.2, 0) is 26.3 Å². The topological polar surface area (TPSA) is 117 Å². The van der Waals surface area contributed by atoms with Crippen LogP contribution in [0.1, 0.15) is 18.4 Å². The molecule has 2 saturated heterocycles. The summed E-state index contributed by atoms with van der Waals surface area (Å²) in [5.41, 5.74) is 3.98. The van der Waals surface area contributed by atoms with Gasteiger partial charge in [-0.2, -0.15) is 4.31 Å². The second-order valence-electron chi connectivity index (χ2n) is 9.86. The summed E-state index contributed by atoms with van der Waals surface area (Å²) in [5.74, 6) is -0.121. The molecule has 5 rings (SSSR count). The first-order chi connectivity index (χ1) is 19.4. The van der Waals surface area contributed by atoms with Crippen LogP contribution in [0.4, 0.5) is 10.5 Å². The Morgan fingerprint density at radius 2 is 1.62 bits per heavy atom. The standard InChI is InChI=1S/C29H32N4O6S/c1-38-24-12-14-25(15-13-24)40(36,37)33-26(28(34)31-39-20-21-8-4-2-5-9-21)18-22-16-17-32(19-27(22)33)29(35)30-23-10-6-3-7-11-23/h2-15,22,26-27H,16-20H2,1H3,(H,30,35)(H,31,34). The number of rotatable bonds is 8. The maximum Gasteiger partial charge on any atom is 0.321 e. The predicted molar refractivity (Wildman–Crippen MR) is 149 cm³/mol. The fourth-order valence-corrected chi connectivity index (χ4v) is 7.18. The van der Waals surface area contributed by atoms with E-state index in [1.54, 1.807) is 29.2 Å². The molecule has 0 aliphatic carbocycles. The molecule has 0 bridgehead atoms. The fraction of sp³-hybridized carbons (Fsp3) is 0.310. The summed E-state index contributed by atoms with van der Waals surface area (Å²) in [6.45, 7) is 0.757. The zero-order chi connectivity index (χ0) is 28.1. The predicted octanol–water partition coefficient (Wildman–Crippen LogP) is 3.63. The Bertz CT molecular complexity index is 1420. The molecule has 40 heavy (non-hydrogen) atoms. The molecule has 10 nitrogen and oxygen atoms in total. The van der Waals surface area contributed by atoms with E-state index in [4.69, 9.17) is 9.57 Å². The number of urea groups is 1. The second-order valence-corrected chi connectivity index (χ2v) is 11.7. The molecule has 3 unspecified atom stereocenters. The fourth-order valence-electron chi connectivity index (χ4n) is 5.34. The number of hydroxylamine groups is 1. The Morgan fingerprint density at radius 3 is 2.30 bits per heavy atom. The van der Waals surface area contributed by atoms with Crippen LogP contribution in [0.25, 0.3) is 0 Å². The largest absolute Gasteiger partial charge is 0.497 e. The molecule has 3 aromatic rings. The smallest absolute Gasteiger partial charge is 0.321 e. The first-order valence-corrected chi connectivity index (χ1v) is 14.5. The first kappa shape index (κ1) is 27.6. The van der Waals surface area contributed by atoms with E-state index in [-0.39, 0.29) is 30.0 Å². The molecule has 3 aromatic carbocycles. The number of piperidine rings is 1. The van der Waals surface area contributed by atoms with Gasteiger partial charge in [-0.15, -0.1) is 0 Å². The summed E-state index contributed by atoms with van der Waals surface area (Å²) in [7, 11) is -2.61. The van der Waals surface area contributed by atoms with Crippen molar-refractivity contribution in [1.82, 2.24) is 14.7 Å². The molecular formula is C29H32N4O6S. The third-order valence-electron chi connectivity index (χ3n) is 7.39. The highest BCUT2D eigenvalue weighted by Crippen LogP contribution is 2.40. The summed E-state index contributed by atoms with van der Waals surface area (Å²) in [4.78, 5) is 33.6. The summed E-state index contributed by atoms with van der Waals surface area (Å²) in [5, 5.41) is 2.87. The van der Waals surface area contributed by atoms with Crippen LogP contribution in [-0.4, -0.2) is 61.8 Å². The van der Waals surface area contributed by atoms with Gasteiger partial charge in [0.05, 0.1) is 18.6 Å². The lowest BCUT2D eigenvalue weighted by Crippen LogP contribution is -2.55. The lowest BCUT2D eigenvalue weighted by atomic mass is 9.91. The zero-order valence-corrected chi connectivity index (χ0v) is 22.9. The summed E-state index contributed by atoms with van der Waals surface area (Å²) < 4.78 is 34.5. The Balaban J connectivity index is 1.37. The maximum atomic E-state index is 14.0. The van der Waals surface area contributed by atoms with E-state index in [1.165, 1.54) is 23.5 Å². The van der Waals surface area contributed by atoms with Crippen molar-refractivity contribution in [2.45, 2.75) is 36.4 Å². The van der Waals surface area contributed by atoms with Crippen molar-refractivity contribution in [2.75, 3.05) is 25.5 Å². The van der Waals surface area contributed by atoms with Crippen molar-refractivity contribution in [3.8, 4) is 5.75 Å². The minimum absolute atomic E-state index is 0.0443. The lowest BCUT2D eigenvalue weighted by Gasteiger charge is -2.38. The van der Waals surface area contributed by atoms with E-state index in [0.717, 1.165) is 5.56 Å². The van der Waals surface area contributed by atoms with Gasteiger partial charge in [-0.05, 0) is 60.7 Å². The molecule has 0 aromatic heterocycles. The van der Waals surface area contributed by atoms with Crippen LogP contribution in [0.5, 0.6) is 5.75 Å². The number of para-hydroxylation sites is 1. The van der Waals surface area contributed by atoms with E-state index < -0.39 is 28.0 Å². The maximum absolute atomic E-state index is 14.0. The van der Waals surface area contributed by atoms with E-state index >= 15 is 0 Å². The van der Waals surface area contributed by atoms with Gasteiger partial charge in [0.1, 0.15) is 11.8 Å². The number of carbonyl (C=O) groups excluding carboxylic acids is 2. The quantitative estimate of drug-likeness (QED) is 0.404. The number of fused-ring (bicyclic) bond motifs is 1. The van der Waals surface area contributed by atoms with Gasteiger partial charge in [0, 0.05) is 24.8 Å². The number of anilines is 1. The molecule has 2 aliphatic rings. The van der Waals surface area contributed by atoms with E-state index in [2.05, 4.69) is 10.8 Å².